The number of hydrogen-bond acceptors (Lipinski definition) is 6. The number of hydrogen-bond donors (Lipinski definition) is 0. The number of carbonyl (C=O) groups excluding carboxylic acids is 1. The Labute approximate surface area is 195 Å². The molecule has 0 aliphatic carbocycles. The average Bonchev–Trinajstić information content (AvgIpc) is 2.83. The van der Waals surface area contributed by atoms with Crippen LogP contribution in [0.2, 0.25) is 5.02 Å². The Morgan fingerprint density at radius 2 is 1.73 bits per heavy atom. The van der Waals surface area contributed by atoms with Crippen LogP contribution in [0.3, 0.4) is 0 Å². The molecule has 7 nitrogen and oxygen atoms in total. The Morgan fingerprint density at radius 3 is 2.45 bits per heavy atom. The van der Waals surface area contributed by atoms with Crippen molar-refractivity contribution in [3.05, 3.63) is 93.9 Å². The van der Waals surface area contributed by atoms with Gasteiger partial charge in [0.1, 0.15) is 29.2 Å². The Hall–Kier alpha value is -3.84. The van der Waals surface area contributed by atoms with Crippen molar-refractivity contribution in [3.8, 4) is 17.2 Å². The summed E-state index contributed by atoms with van der Waals surface area (Å²) in [6.45, 7) is 1.23. The summed E-state index contributed by atoms with van der Waals surface area (Å²) in [7, 11) is 1.56. The maximum absolute atomic E-state index is 13.4. The molecule has 4 aromatic rings. The van der Waals surface area contributed by atoms with Gasteiger partial charge in [-0.15, -0.1) is 0 Å². The van der Waals surface area contributed by atoms with Crippen molar-refractivity contribution in [2.45, 2.75) is 13.0 Å². The van der Waals surface area contributed by atoms with E-state index in [0.29, 0.717) is 11.5 Å². The van der Waals surface area contributed by atoms with Crippen molar-refractivity contribution in [2.75, 3.05) is 13.7 Å². The molecule has 8 heteroatoms. The molecule has 1 aromatic heterocycles. The molecule has 0 amide bonds. The zero-order valence-electron chi connectivity index (χ0n) is 18.0. The quantitative estimate of drug-likeness (QED) is 0.358. The summed E-state index contributed by atoms with van der Waals surface area (Å²) in [6, 6.07) is 19.6. The van der Waals surface area contributed by atoms with Crippen molar-refractivity contribution < 1.29 is 19.0 Å². The predicted octanol–water partition coefficient (Wildman–Crippen LogP) is 5.00. The summed E-state index contributed by atoms with van der Waals surface area (Å²) in [5.41, 5.74) is 0.227. The fourth-order valence-electron chi connectivity index (χ4n) is 3.54. The summed E-state index contributed by atoms with van der Waals surface area (Å²) in [5.74, 6) is 0.522. The molecule has 3 aromatic carbocycles. The van der Waals surface area contributed by atoms with Crippen molar-refractivity contribution >= 4 is 28.3 Å². The first-order valence-corrected chi connectivity index (χ1v) is 10.6. The molecule has 0 fully saturated rings. The Balaban J connectivity index is 1.81. The van der Waals surface area contributed by atoms with Crippen LogP contribution in [0.1, 0.15) is 18.5 Å². The van der Waals surface area contributed by atoms with Gasteiger partial charge in [-0.05, 0) is 40.6 Å². The summed E-state index contributed by atoms with van der Waals surface area (Å²) < 4.78 is 17.5. The van der Waals surface area contributed by atoms with Crippen LogP contribution < -0.4 is 15.0 Å². The lowest BCUT2D eigenvalue weighted by molar-refractivity contribution is -0.141. The normalized spacial score (nSPS) is 11.7. The van der Waals surface area contributed by atoms with Crippen LogP contribution in [0.15, 0.2) is 77.7 Å². The monoisotopic (exact) mass is 464 g/mol. The molecule has 1 heterocycles. The third-order valence-electron chi connectivity index (χ3n) is 5.12. The van der Waals surface area contributed by atoms with Crippen LogP contribution in [0.5, 0.6) is 17.2 Å². The van der Waals surface area contributed by atoms with Gasteiger partial charge in [-0.3, -0.25) is 9.59 Å². The van der Waals surface area contributed by atoms with Crippen LogP contribution in [-0.4, -0.2) is 29.5 Å². The third-order valence-corrected chi connectivity index (χ3v) is 5.39. The zero-order valence-corrected chi connectivity index (χ0v) is 18.8. The second-order valence-electron chi connectivity index (χ2n) is 7.24. The summed E-state index contributed by atoms with van der Waals surface area (Å²) in [6.07, 6.45) is 1.34. The van der Waals surface area contributed by atoms with Crippen molar-refractivity contribution in [3.63, 3.8) is 0 Å². The zero-order chi connectivity index (χ0) is 23.4. The molecule has 1 unspecified atom stereocenters. The number of halogens is 1. The summed E-state index contributed by atoms with van der Waals surface area (Å²) >= 11 is 6.27. The van der Waals surface area contributed by atoms with Crippen molar-refractivity contribution in [1.82, 2.24) is 9.78 Å². The minimum atomic E-state index is -0.692. The minimum Gasteiger partial charge on any atom is -0.497 e. The van der Waals surface area contributed by atoms with E-state index in [1.54, 1.807) is 31.4 Å². The van der Waals surface area contributed by atoms with Crippen LogP contribution in [-0.2, 0) is 9.53 Å². The number of fused-ring (bicyclic) bond motifs is 1. The second kappa shape index (κ2) is 9.75. The van der Waals surface area contributed by atoms with E-state index < -0.39 is 17.6 Å². The molecular weight excluding hydrogens is 444 g/mol. The molecule has 168 valence electrons. The van der Waals surface area contributed by atoms with Gasteiger partial charge in [-0.2, -0.15) is 5.10 Å². The largest absolute Gasteiger partial charge is 0.497 e. The highest BCUT2D eigenvalue weighted by Crippen LogP contribution is 2.30. The third kappa shape index (κ3) is 4.83. The first kappa shape index (κ1) is 22.4. The number of esters is 1. The lowest BCUT2D eigenvalue weighted by atomic mass is 9.99. The van der Waals surface area contributed by atoms with Gasteiger partial charge in [-0.25, -0.2) is 4.68 Å². The highest BCUT2D eigenvalue weighted by molar-refractivity contribution is 6.31. The molecule has 0 saturated heterocycles. The number of nitrogens with zero attached hydrogens (tertiary/aromatic N) is 2. The minimum absolute atomic E-state index is 0.0659. The van der Waals surface area contributed by atoms with E-state index in [-0.39, 0.29) is 17.4 Å². The van der Waals surface area contributed by atoms with Crippen LogP contribution in [0.25, 0.3) is 10.8 Å². The molecule has 0 aliphatic rings. The van der Waals surface area contributed by atoms with E-state index in [2.05, 4.69) is 5.10 Å². The van der Waals surface area contributed by atoms with E-state index in [1.165, 1.54) is 17.8 Å². The van der Waals surface area contributed by atoms with Gasteiger partial charge in [-0.1, -0.05) is 54.1 Å². The Morgan fingerprint density at radius 1 is 1.03 bits per heavy atom. The molecule has 4 rings (SSSR count). The van der Waals surface area contributed by atoms with Crippen molar-refractivity contribution in [1.29, 1.82) is 0 Å². The fraction of sp³-hybridized carbons (Fsp3) is 0.160. The fourth-order valence-corrected chi connectivity index (χ4v) is 3.70. The highest BCUT2D eigenvalue weighted by atomic mass is 35.5. The van der Waals surface area contributed by atoms with Gasteiger partial charge in [0, 0.05) is 6.92 Å². The van der Waals surface area contributed by atoms with E-state index in [1.807, 2.05) is 42.5 Å². The maximum atomic E-state index is 13.4. The van der Waals surface area contributed by atoms with E-state index in [4.69, 9.17) is 25.8 Å². The Bertz CT molecular complexity index is 1350. The molecule has 0 N–H and O–H groups in total. The number of aromatic nitrogens is 2. The molecule has 0 saturated carbocycles. The summed E-state index contributed by atoms with van der Waals surface area (Å²) in [4.78, 5) is 25.0. The van der Waals surface area contributed by atoms with Crippen LogP contribution >= 0.6 is 11.6 Å². The van der Waals surface area contributed by atoms with Gasteiger partial charge in [0.05, 0.1) is 13.3 Å². The first-order valence-electron chi connectivity index (χ1n) is 10.2. The number of methoxy groups -OCH3 is 1. The molecule has 0 aliphatic heterocycles. The topological polar surface area (TPSA) is 79.7 Å². The van der Waals surface area contributed by atoms with Gasteiger partial charge in [0.25, 0.3) is 0 Å². The van der Waals surface area contributed by atoms with E-state index in [0.717, 1.165) is 16.3 Å². The molecule has 1 atom stereocenters. The standard InChI is InChI=1S/C25H21ClN2O5/c1-16(29)32-15-23(21-9-5-7-17-6-3-4-8-20(17)21)28-25(30)24(22(26)14-27-28)33-19-12-10-18(31-2)11-13-19/h3-14,23H,15H2,1-2H3. The smallest absolute Gasteiger partial charge is 0.312 e. The average molecular weight is 465 g/mol. The SMILES string of the molecule is COc1ccc(Oc2c(Cl)cnn(C(COC(C)=O)c3cccc4ccccc34)c2=O)cc1. The molecular formula is C25H21ClN2O5. The predicted molar refractivity (Wildman–Crippen MR) is 125 cm³/mol. The van der Waals surface area contributed by atoms with Gasteiger partial charge < -0.3 is 14.2 Å². The lowest BCUT2D eigenvalue weighted by Crippen LogP contribution is -2.32. The molecule has 0 radical (unpaired) electrons. The Kier molecular flexibility index (Phi) is 6.60. The second-order valence-corrected chi connectivity index (χ2v) is 7.64. The molecule has 0 bridgehead atoms. The number of carbonyl (C=O) groups is 1. The number of benzene rings is 3. The first-order chi connectivity index (χ1) is 16.0. The lowest BCUT2D eigenvalue weighted by Gasteiger charge is -2.21. The van der Waals surface area contributed by atoms with Gasteiger partial charge in [0.2, 0.25) is 5.75 Å². The van der Waals surface area contributed by atoms with Gasteiger partial charge >= 0.3 is 11.5 Å². The molecule has 0 spiro atoms. The van der Waals surface area contributed by atoms with E-state index in [9.17, 15) is 9.59 Å². The van der Waals surface area contributed by atoms with Gasteiger partial charge in [0.15, 0.2) is 0 Å². The van der Waals surface area contributed by atoms with Crippen molar-refractivity contribution in [2.24, 2.45) is 0 Å². The van der Waals surface area contributed by atoms with Crippen LogP contribution in [0.4, 0.5) is 0 Å². The molecule has 33 heavy (non-hydrogen) atoms. The van der Waals surface area contributed by atoms with Crippen LogP contribution in [0, 0.1) is 0 Å². The maximum Gasteiger partial charge on any atom is 0.312 e. The summed E-state index contributed by atoms with van der Waals surface area (Å²) in [5, 5.41) is 6.22. The van der Waals surface area contributed by atoms with E-state index >= 15 is 0 Å². The number of rotatable bonds is 7. The highest BCUT2D eigenvalue weighted by Gasteiger charge is 2.23. The number of ether oxygens (including phenoxy) is 3.